The van der Waals surface area contributed by atoms with Crippen LogP contribution in [0, 0.1) is 17.5 Å². The average Bonchev–Trinajstić information content (AvgIpc) is 2.72. The Bertz CT molecular complexity index is 933. The first-order chi connectivity index (χ1) is 14.2. The van der Waals surface area contributed by atoms with E-state index < -0.39 is 41.5 Å². The highest BCUT2D eigenvalue weighted by Gasteiger charge is 2.20. The van der Waals surface area contributed by atoms with E-state index in [-0.39, 0.29) is 12.5 Å². The Labute approximate surface area is 172 Å². The number of benzene rings is 2. The lowest BCUT2D eigenvalue weighted by atomic mass is 10.1. The largest absolute Gasteiger partial charge is 0.352 e. The summed E-state index contributed by atoms with van der Waals surface area (Å²) in [5.74, 6) is -5.89. The van der Waals surface area contributed by atoms with Crippen LogP contribution < -0.4 is 10.6 Å². The summed E-state index contributed by atoms with van der Waals surface area (Å²) in [4.78, 5) is 37.3. The number of nitrogens with one attached hydrogen (secondary N) is 2. The quantitative estimate of drug-likeness (QED) is 0.643. The van der Waals surface area contributed by atoms with Gasteiger partial charge in [0.2, 0.25) is 11.8 Å². The lowest BCUT2D eigenvalue weighted by molar-refractivity contribution is -0.119. The summed E-state index contributed by atoms with van der Waals surface area (Å²) < 4.78 is 40.1. The van der Waals surface area contributed by atoms with Crippen LogP contribution >= 0.6 is 0 Å². The molecule has 0 heterocycles. The Morgan fingerprint density at radius 1 is 0.967 bits per heavy atom. The van der Waals surface area contributed by atoms with Gasteiger partial charge in [-0.05, 0) is 36.2 Å². The van der Waals surface area contributed by atoms with Gasteiger partial charge >= 0.3 is 0 Å². The maximum absolute atomic E-state index is 13.7. The molecule has 0 radical (unpaired) electrons. The number of amides is 3. The van der Waals surface area contributed by atoms with Gasteiger partial charge in [0.05, 0.1) is 5.69 Å². The molecule has 0 saturated carbocycles. The molecule has 0 atom stereocenters. The molecule has 0 aliphatic rings. The van der Waals surface area contributed by atoms with Crippen LogP contribution in [-0.2, 0) is 16.1 Å². The molecule has 0 aromatic heterocycles. The Morgan fingerprint density at radius 2 is 1.63 bits per heavy atom. The first kappa shape index (κ1) is 22.9. The summed E-state index contributed by atoms with van der Waals surface area (Å²) in [6, 6.07) is 8.13. The van der Waals surface area contributed by atoms with Crippen molar-refractivity contribution >= 4 is 23.4 Å². The fourth-order valence-corrected chi connectivity index (χ4v) is 2.68. The summed E-state index contributed by atoms with van der Waals surface area (Å²) in [6.07, 6.45) is 0.569. The second-order valence-electron chi connectivity index (χ2n) is 6.60. The van der Waals surface area contributed by atoms with Crippen LogP contribution in [0.3, 0.4) is 0 Å². The summed E-state index contributed by atoms with van der Waals surface area (Å²) >= 11 is 0. The zero-order chi connectivity index (χ0) is 22.3. The minimum atomic E-state index is -1.69. The van der Waals surface area contributed by atoms with E-state index in [0.717, 1.165) is 11.6 Å². The molecule has 2 aromatic carbocycles. The van der Waals surface area contributed by atoms with Crippen molar-refractivity contribution in [1.82, 2.24) is 10.2 Å². The molecule has 2 aromatic rings. The van der Waals surface area contributed by atoms with Gasteiger partial charge in [-0.1, -0.05) is 19.1 Å². The van der Waals surface area contributed by atoms with Crippen molar-refractivity contribution in [3.8, 4) is 0 Å². The van der Waals surface area contributed by atoms with Crippen molar-refractivity contribution in [3.05, 3.63) is 65.0 Å². The Balaban J connectivity index is 2.07. The van der Waals surface area contributed by atoms with Crippen LogP contribution in [0.4, 0.5) is 18.9 Å². The second-order valence-corrected chi connectivity index (χ2v) is 6.60. The highest BCUT2D eigenvalue weighted by atomic mass is 19.2. The number of hydrogen-bond donors (Lipinski definition) is 2. The van der Waals surface area contributed by atoms with Crippen molar-refractivity contribution in [1.29, 1.82) is 0 Å². The molecule has 0 spiro atoms. The van der Waals surface area contributed by atoms with Crippen molar-refractivity contribution < 1.29 is 27.6 Å². The van der Waals surface area contributed by atoms with Crippen LogP contribution in [0.1, 0.15) is 36.2 Å². The molecule has 6 nitrogen and oxygen atoms in total. The predicted octanol–water partition coefficient (Wildman–Crippen LogP) is 3.23. The van der Waals surface area contributed by atoms with Gasteiger partial charge in [-0.25, -0.2) is 13.2 Å². The molecular weight excluding hydrogens is 399 g/mol. The number of carbonyl (C=O) groups is 3. The van der Waals surface area contributed by atoms with E-state index in [1.54, 1.807) is 24.3 Å². The van der Waals surface area contributed by atoms with Crippen molar-refractivity contribution in [2.24, 2.45) is 0 Å². The Hall–Kier alpha value is -3.36. The number of anilines is 1. The zero-order valence-corrected chi connectivity index (χ0v) is 16.6. The Kier molecular flexibility index (Phi) is 7.97. The smallest absolute Gasteiger partial charge is 0.254 e. The van der Waals surface area contributed by atoms with Crippen LogP contribution in [0.2, 0.25) is 0 Å². The first-order valence-corrected chi connectivity index (χ1v) is 9.29. The highest BCUT2D eigenvalue weighted by Crippen LogP contribution is 2.19. The highest BCUT2D eigenvalue weighted by molar-refractivity contribution is 5.99. The number of nitrogens with zero attached hydrogens (tertiary/aromatic N) is 1. The van der Waals surface area contributed by atoms with E-state index in [9.17, 15) is 27.6 Å². The lowest BCUT2D eigenvalue weighted by Crippen LogP contribution is -2.38. The van der Waals surface area contributed by atoms with Crippen LogP contribution in [0.15, 0.2) is 36.4 Å². The van der Waals surface area contributed by atoms with Crippen molar-refractivity contribution in [2.45, 2.75) is 26.8 Å². The number of rotatable bonds is 8. The molecule has 0 aliphatic carbocycles. The average molecular weight is 421 g/mol. The van der Waals surface area contributed by atoms with Crippen LogP contribution in [0.5, 0.6) is 0 Å². The standard InChI is InChI=1S/C21H22F3N3O3/c1-3-10-27(12-18(29)26-17-9-8-16(22)19(23)20(17)24)21(30)15-6-4-14(5-7-15)11-25-13(2)28/h4-9H,3,10-12H2,1-2H3,(H,25,28)(H,26,29). The number of hydrogen-bond acceptors (Lipinski definition) is 3. The topological polar surface area (TPSA) is 78.5 Å². The minimum Gasteiger partial charge on any atom is -0.352 e. The third kappa shape index (κ3) is 6.07. The van der Waals surface area contributed by atoms with Gasteiger partial charge in [-0.3, -0.25) is 14.4 Å². The Morgan fingerprint density at radius 3 is 2.23 bits per heavy atom. The molecule has 9 heteroatoms. The van der Waals surface area contributed by atoms with Gasteiger partial charge in [-0.15, -0.1) is 0 Å². The maximum atomic E-state index is 13.7. The molecule has 0 fully saturated rings. The summed E-state index contributed by atoms with van der Waals surface area (Å²) in [7, 11) is 0. The predicted molar refractivity (Wildman–Crippen MR) is 105 cm³/mol. The number of carbonyl (C=O) groups excluding carboxylic acids is 3. The van der Waals surface area contributed by atoms with Gasteiger partial charge in [0.1, 0.15) is 6.54 Å². The van der Waals surface area contributed by atoms with Gasteiger partial charge in [0, 0.05) is 25.6 Å². The van der Waals surface area contributed by atoms with Gasteiger partial charge in [-0.2, -0.15) is 0 Å². The molecule has 160 valence electrons. The minimum absolute atomic E-state index is 0.173. The number of halogens is 3. The molecule has 0 saturated heterocycles. The van der Waals surface area contributed by atoms with Gasteiger partial charge in [0.15, 0.2) is 17.5 Å². The summed E-state index contributed by atoms with van der Waals surface area (Å²) in [5, 5.41) is 4.80. The first-order valence-electron chi connectivity index (χ1n) is 9.29. The second kappa shape index (κ2) is 10.4. The zero-order valence-electron chi connectivity index (χ0n) is 16.6. The molecular formula is C21H22F3N3O3. The van der Waals surface area contributed by atoms with Crippen LogP contribution in [0.25, 0.3) is 0 Å². The summed E-state index contributed by atoms with van der Waals surface area (Å²) in [6.45, 7) is 3.42. The maximum Gasteiger partial charge on any atom is 0.254 e. The lowest BCUT2D eigenvalue weighted by Gasteiger charge is -2.22. The molecule has 2 N–H and O–H groups in total. The van der Waals surface area contributed by atoms with E-state index in [1.165, 1.54) is 11.8 Å². The van der Waals surface area contributed by atoms with Gasteiger partial charge < -0.3 is 15.5 Å². The molecule has 0 unspecified atom stereocenters. The molecule has 0 bridgehead atoms. The monoisotopic (exact) mass is 421 g/mol. The van der Waals surface area contributed by atoms with Gasteiger partial charge in [0.25, 0.3) is 5.91 Å². The molecule has 3 amide bonds. The molecule has 0 aliphatic heterocycles. The van der Waals surface area contributed by atoms with E-state index in [0.29, 0.717) is 24.6 Å². The molecule has 30 heavy (non-hydrogen) atoms. The van der Waals surface area contributed by atoms with E-state index >= 15 is 0 Å². The third-order valence-corrected chi connectivity index (χ3v) is 4.17. The summed E-state index contributed by atoms with van der Waals surface area (Å²) in [5.41, 5.74) is 0.627. The third-order valence-electron chi connectivity index (χ3n) is 4.17. The van der Waals surface area contributed by atoms with E-state index in [2.05, 4.69) is 10.6 Å². The van der Waals surface area contributed by atoms with Crippen LogP contribution in [-0.4, -0.2) is 35.7 Å². The molecule has 2 rings (SSSR count). The van der Waals surface area contributed by atoms with E-state index in [4.69, 9.17) is 0 Å². The fourth-order valence-electron chi connectivity index (χ4n) is 2.68. The normalized spacial score (nSPS) is 10.4. The SMILES string of the molecule is CCCN(CC(=O)Nc1ccc(F)c(F)c1F)C(=O)c1ccc(CNC(C)=O)cc1. The van der Waals surface area contributed by atoms with Crippen molar-refractivity contribution in [2.75, 3.05) is 18.4 Å². The van der Waals surface area contributed by atoms with E-state index in [1.807, 2.05) is 6.92 Å². The van der Waals surface area contributed by atoms with Crippen molar-refractivity contribution in [3.63, 3.8) is 0 Å². The fraction of sp³-hybridized carbons (Fsp3) is 0.286.